The highest BCUT2D eigenvalue weighted by atomic mass is 32.1. The molecule has 41 heavy (non-hydrogen) atoms. The highest BCUT2D eigenvalue weighted by Gasteiger charge is 2.28. The lowest BCUT2D eigenvalue weighted by molar-refractivity contribution is -0.120. The summed E-state index contributed by atoms with van der Waals surface area (Å²) in [6, 6.07) is 31.5. The van der Waals surface area contributed by atoms with Gasteiger partial charge in [-0.25, -0.2) is 4.98 Å². The lowest BCUT2D eigenvalue weighted by Crippen LogP contribution is -2.52. The smallest absolute Gasteiger partial charge is 0.254 e. The summed E-state index contributed by atoms with van der Waals surface area (Å²) >= 11 is 1.63. The quantitative estimate of drug-likeness (QED) is 0.255. The summed E-state index contributed by atoms with van der Waals surface area (Å²) in [5.74, 6) is -0.210. The van der Waals surface area contributed by atoms with Crippen LogP contribution in [0, 0.1) is 0 Å². The van der Waals surface area contributed by atoms with Crippen LogP contribution in [0.5, 0.6) is 0 Å². The van der Waals surface area contributed by atoms with E-state index in [2.05, 4.69) is 45.6 Å². The number of benzene rings is 4. The summed E-state index contributed by atoms with van der Waals surface area (Å²) in [6.07, 6.45) is 1.80. The molecular weight excluding hydrogens is 530 g/mol. The summed E-state index contributed by atoms with van der Waals surface area (Å²) in [6.45, 7) is 1.04. The molecule has 2 amide bonds. The fourth-order valence-corrected chi connectivity index (χ4v) is 5.90. The second-order valence-corrected chi connectivity index (χ2v) is 10.8. The molecule has 0 saturated carbocycles. The molecule has 0 atom stereocenters. The van der Waals surface area contributed by atoms with Crippen LogP contribution in [-0.4, -0.2) is 46.3 Å². The Morgan fingerprint density at radius 3 is 2.46 bits per heavy atom. The molecule has 4 aromatic carbocycles. The van der Waals surface area contributed by atoms with Gasteiger partial charge in [-0.1, -0.05) is 42.5 Å². The van der Waals surface area contributed by atoms with Gasteiger partial charge >= 0.3 is 0 Å². The number of hydrogen-bond acceptors (Lipinski definition) is 6. The molecule has 8 heteroatoms. The van der Waals surface area contributed by atoms with E-state index in [9.17, 15) is 9.59 Å². The molecule has 1 fully saturated rings. The minimum atomic E-state index is -0.135. The monoisotopic (exact) mass is 555 g/mol. The molecule has 0 unspecified atom stereocenters. The van der Waals surface area contributed by atoms with Crippen LogP contribution in [0.2, 0.25) is 0 Å². The Hall–Kier alpha value is -5.08. The van der Waals surface area contributed by atoms with Crippen molar-refractivity contribution in [1.82, 2.24) is 14.9 Å². The Bertz CT molecular complexity index is 1900. The second-order valence-electron chi connectivity index (χ2n) is 9.94. The number of anilines is 3. The Balaban J connectivity index is 1.07. The number of piperazine rings is 1. The lowest BCUT2D eigenvalue weighted by atomic mass is 10.0. The van der Waals surface area contributed by atoms with Gasteiger partial charge in [0.2, 0.25) is 5.91 Å². The van der Waals surface area contributed by atoms with Crippen molar-refractivity contribution in [2.45, 2.75) is 0 Å². The molecule has 3 heterocycles. The first-order chi connectivity index (χ1) is 20.1. The highest BCUT2D eigenvalue weighted by Crippen LogP contribution is 2.31. The first kappa shape index (κ1) is 24.9. The number of carbonyl (C=O) groups is 2. The molecule has 0 spiro atoms. The van der Waals surface area contributed by atoms with Crippen LogP contribution in [0.4, 0.5) is 17.1 Å². The number of carbonyl (C=O) groups excluding carboxylic acids is 2. The van der Waals surface area contributed by atoms with E-state index in [1.807, 2.05) is 72.2 Å². The third kappa shape index (κ3) is 4.90. The zero-order chi connectivity index (χ0) is 27.8. The van der Waals surface area contributed by atoms with Crippen molar-refractivity contribution in [2.24, 2.45) is 0 Å². The molecule has 1 saturated heterocycles. The predicted molar refractivity (Wildman–Crippen MR) is 165 cm³/mol. The normalized spacial score (nSPS) is 13.6. The molecule has 0 radical (unpaired) electrons. The van der Waals surface area contributed by atoms with E-state index in [0.717, 1.165) is 49.3 Å². The van der Waals surface area contributed by atoms with E-state index in [1.165, 1.54) is 0 Å². The maximum atomic E-state index is 13.2. The van der Waals surface area contributed by atoms with Gasteiger partial charge in [-0.3, -0.25) is 14.6 Å². The van der Waals surface area contributed by atoms with E-state index in [0.29, 0.717) is 18.7 Å². The molecular formula is C33H25N5O2S. The minimum Gasteiger partial charge on any atom is -0.355 e. The summed E-state index contributed by atoms with van der Waals surface area (Å²) in [5.41, 5.74) is 9.08. The van der Waals surface area contributed by atoms with Crippen LogP contribution in [0.25, 0.3) is 32.2 Å². The number of amides is 2. The summed E-state index contributed by atoms with van der Waals surface area (Å²) in [7, 11) is 0. The molecule has 7 rings (SSSR count). The minimum absolute atomic E-state index is 0.0693. The molecule has 1 N–H and O–H groups in total. The van der Waals surface area contributed by atoms with Gasteiger partial charge in [0.05, 0.1) is 21.2 Å². The van der Waals surface area contributed by atoms with Crippen molar-refractivity contribution in [2.75, 3.05) is 29.9 Å². The first-order valence-electron chi connectivity index (χ1n) is 13.4. The van der Waals surface area contributed by atoms with Crippen molar-refractivity contribution in [3.05, 3.63) is 114 Å². The molecule has 2 aromatic heterocycles. The number of hydrogen-bond donors (Lipinski definition) is 1. The standard InChI is InChI=1S/C33H25N5O2S/c39-32-20-37(16-17-38(32)26-4-2-1-3-5-26)33(40)23-8-6-22(7-9-23)24-10-12-27-28(14-15-34-29(27)18-24)36-25-11-13-31-30(19-25)35-21-41-31/h1-15,18-19,21H,16-17,20H2,(H,34,36). The van der Waals surface area contributed by atoms with Crippen molar-refractivity contribution < 1.29 is 9.59 Å². The van der Waals surface area contributed by atoms with Gasteiger partial charge in [0, 0.05) is 47.3 Å². The van der Waals surface area contributed by atoms with Crippen LogP contribution in [0.3, 0.4) is 0 Å². The topological polar surface area (TPSA) is 78.4 Å². The van der Waals surface area contributed by atoms with Crippen molar-refractivity contribution in [1.29, 1.82) is 0 Å². The van der Waals surface area contributed by atoms with E-state index in [-0.39, 0.29) is 18.4 Å². The van der Waals surface area contributed by atoms with Gasteiger partial charge in [0.15, 0.2) is 0 Å². The highest BCUT2D eigenvalue weighted by molar-refractivity contribution is 7.16. The number of nitrogens with zero attached hydrogens (tertiary/aromatic N) is 4. The maximum Gasteiger partial charge on any atom is 0.254 e. The zero-order valence-corrected chi connectivity index (χ0v) is 22.8. The Kier molecular flexibility index (Phi) is 6.37. The predicted octanol–water partition coefficient (Wildman–Crippen LogP) is 6.74. The van der Waals surface area contributed by atoms with Gasteiger partial charge in [0.1, 0.15) is 6.54 Å². The van der Waals surface area contributed by atoms with E-state index >= 15 is 0 Å². The molecule has 0 aliphatic carbocycles. The third-order valence-corrected chi connectivity index (χ3v) is 8.20. The Labute approximate surface area is 240 Å². The molecule has 200 valence electrons. The number of para-hydroxylation sites is 1. The average Bonchev–Trinajstić information content (AvgIpc) is 3.49. The average molecular weight is 556 g/mol. The lowest BCUT2D eigenvalue weighted by Gasteiger charge is -2.34. The fraction of sp³-hybridized carbons (Fsp3) is 0.0909. The Morgan fingerprint density at radius 2 is 1.63 bits per heavy atom. The van der Waals surface area contributed by atoms with E-state index < -0.39 is 0 Å². The fourth-order valence-electron chi connectivity index (χ4n) is 5.24. The molecule has 0 bridgehead atoms. The zero-order valence-electron chi connectivity index (χ0n) is 22.0. The van der Waals surface area contributed by atoms with Crippen LogP contribution in [-0.2, 0) is 4.79 Å². The van der Waals surface area contributed by atoms with Gasteiger partial charge < -0.3 is 15.1 Å². The van der Waals surface area contributed by atoms with Gasteiger partial charge in [0.25, 0.3) is 5.91 Å². The third-order valence-electron chi connectivity index (χ3n) is 7.39. The number of thiazole rings is 1. The van der Waals surface area contributed by atoms with Crippen molar-refractivity contribution in [3.63, 3.8) is 0 Å². The first-order valence-corrected chi connectivity index (χ1v) is 14.2. The van der Waals surface area contributed by atoms with Gasteiger partial charge in [-0.15, -0.1) is 11.3 Å². The summed E-state index contributed by atoms with van der Waals surface area (Å²) < 4.78 is 1.16. The number of fused-ring (bicyclic) bond motifs is 2. The number of pyridine rings is 1. The number of rotatable bonds is 5. The van der Waals surface area contributed by atoms with Gasteiger partial charge in [-0.2, -0.15) is 0 Å². The molecule has 1 aliphatic heterocycles. The van der Waals surface area contributed by atoms with Crippen LogP contribution in [0.15, 0.2) is 109 Å². The summed E-state index contributed by atoms with van der Waals surface area (Å²) in [5, 5.41) is 4.52. The second kappa shape index (κ2) is 10.5. The van der Waals surface area contributed by atoms with Gasteiger partial charge in [-0.05, 0) is 65.7 Å². The number of nitrogens with one attached hydrogen (secondary N) is 1. The maximum absolute atomic E-state index is 13.2. The van der Waals surface area contributed by atoms with Crippen LogP contribution in [0.1, 0.15) is 10.4 Å². The number of aromatic nitrogens is 2. The molecule has 7 nitrogen and oxygen atoms in total. The van der Waals surface area contributed by atoms with E-state index in [1.54, 1.807) is 27.3 Å². The largest absolute Gasteiger partial charge is 0.355 e. The SMILES string of the molecule is O=C(c1ccc(-c2ccc3c(Nc4ccc5scnc5c4)ccnc3c2)cc1)N1CCN(c2ccccc2)C(=O)C1. The van der Waals surface area contributed by atoms with E-state index in [4.69, 9.17) is 0 Å². The molecule has 6 aromatic rings. The summed E-state index contributed by atoms with van der Waals surface area (Å²) in [4.78, 5) is 38.3. The molecule has 1 aliphatic rings. The van der Waals surface area contributed by atoms with Crippen molar-refractivity contribution in [3.8, 4) is 11.1 Å². The van der Waals surface area contributed by atoms with Crippen LogP contribution >= 0.6 is 11.3 Å². The van der Waals surface area contributed by atoms with Crippen LogP contribution < -0.4 is 10.2 Å². The van der Waals surface area contributed by atoms with Crippen molar-refractivity contribution >= 4 is 61.3 Å². The Morgan fingerprint density at radius 1 is 0.805 bits per heavy atom.